The summed E-state index contributed by atoms with van der Waals surface area (Å²) in [6.07, 6.45) is 0.987. The molecular weight excluding hydrogens is 487 g/mol. The predicted molar refractivity (Wildman–Crippen MR) is 124 cm³/mol. The zero-order valence-electron chi connectivity index (χ0n) is 16.3. The molecule has 2 rings (SSSR count). The second kappa shape index (κ2) is 11.2. The maximum Gasteiger partial charge on any atom is 0.258 e. The minimum Gasteiger partial charge on any atom is -0.493 e. The van der Waals surface area contributed by atoms with E-state index in [0.717, 1.165) is 21.3 Å². The van der Waals surface area contributed by atoms with Gasteiger partial charge in [-0.15, -0.1) is 0 Å². The van der Waals surface area contributed by atoms with E-state index in [9.17, 15) is 4.79 Å². The van der Waals surface area contributed by atoms with Crippen LogP contribution in [0.4, 0.5) is 0 Å². The van der Waals surface area contributed by atoms with Crippen molar-refractivity contribution in [2.75, 3.05) is 13.7 Å². The Morgan fingerprint density at radius 1 is 1.18 bits per heavy atom. The molecule has 0 bridgehead atoms. The predicted octanol–water partition coefficient (Wildman–Crippen LogP) is 4.53. The van der Waals surface area contributed by atoms with Gasteiger partial charge in [0.2, 0.25) is 0 Å². The van der Waals surface area contributed by atoms with E-state index < -0.39 is 0 Å². The molecule has 2 aromatic rings. The zero-order chi connectivity index (χ0) is 20.5. The molecule has 0 aromatic heterocycles. The SMILES string of the molecule is COc1cc(CNC(=S)NC(=O)c2ccccc2I)ccc1OCCC(C)C. The first-order chi connectivity index (χ1) is 13.4. The normalized spacial score (nSPS) is 10.5. The first-order valence-electron chi connectivity index (χ1n) is 9.04. The van der Waals surface area contributed by atoms with Crippen molar-refractivity contribution in [3.05, 3.63) is 57.2 Å². The average molecular weight is 512 g/mol. The van der Waals surface area contributed by atoms with Crippen molar-refractivity contribution in [1.29, 1.82) is 0 Å². The smallest absolute Gasteiger partial charge is 0.258 e. The van der Waals surface area contributed by atoms with Crippen LogP contribution < -0.4 is 20.1 Å². The molecule has 5 nitrogen and oxygen atoms in total. The molecule has 2 aromatic carbocycles. The fourth-order valence-electron chi connectivity index (χ4n) is 2.39. The molecule has 7 heteroatoms. The molecule has 0 radical (unpaired) electrons. The molecular formula is C21H25IN2O3S. The van der Waals surface area contributed by atoms with E-state index in [4.69, 9.17) is 21.7 Å². The summed E-state index contributed by atoms with van der Waals surface area (Å²) >= 11 is 7.37. The van der Waals surface area contributed by atoms with Gasteiger partial charge in [-0.2, -0.15) is 0 Å². The molecule has 150 valence electrons. The molecule has 0 atom stereocenters. The van der Waals surface area contributed by atoms with Crippen molar-refractivity contribution in [1.82, 2.24) is 10.6 Å². The number of carbonyl (C=O) groups excluding carboxylic acids is 1. The molecule has 0 fully saturated rings. The molecule has 0 spiro atoms. The van der Waals surface area contributed by atoms with Crippen LogP contribution in [0.25, 0.3) is 0 Å². The van der Waals surface area contributed by atoms with Crippen LogP contribution >= 0.6 is 34.8 Å². The Labute approximate surface area is 185 Å². The highest BCUT2D eigenvalue weighted by molar-refractivity contribution is 14.1. The van der Waals surface area contributed by atoms with Gasteiger partial charge < -0.3 is 14.8 Å². The maximum atomic E-state index is 12.3. The summed E-state index contributed by atoms with van der Waals surface area (Å²) in [6, 6.07) is 13.1. The average Bonchev–Trinajstić information content (AvgIpc) is 2.67. The third-order valence-corrected chi connectivity index (χ3v) is 5.17. The van der Waals surface area contributed by atoms with Crippen LogP contribution in [0.1, 0.15) is 36.2 Å². The van der Waals surface area contributed by atoms with Gasteiger partial charge in [-0.25, -0.2) is 0 Å². The quantitative estimate of drug-likeness (QED) is 0.402. The number of hydrogen-bond acceptors (Lipinski definition) is 4. The van der Waals surface area contributed by atoms with Gasteiger partial charge >= 0.3 is 0 Å². The van der Waals surface area contributed by atoms with Crippen LogP contribution in [-0.2, 0) is 6.54 Å². The van der Waals surface area contributed by atoms with E-state index in [2.05, 4.69) is 47.1 Å². The fraction of sp³-hybridized carbons (Fsp3) is 0.333. The van der Waals surface area contributed by atoms with E-state index in [-0.39, 0.29) is 11.0 Å². The number of rotatable bonds is 8. The monoisotopic (exact) mass is 512 g/mol. The van der Waals surface area contributed by atoms with Crippen LogP contribution in [-0.4, -0.2) is 24.7 Å². The molecule has 2 N–H and O–H groups in total. The summed E-state index contributed by atoms with van der Waals surface area (Å²) in [5, 5.41) is 6.03. The van der Waals surface area contributed by atoms with Gasteiger partial charge in [0.25, 0.3) is 5.91 Å². The Morgan fingerprint density at radius 3 is 2.61 bits per heavy atom. The Kier molecular flexibility index (Phi) is 8.98. The summed E-state index contributed by atoms with van der Waals surface area (Å²) in [4.78, 5) is 12.3. The van der Waals surface area contributed by atoms with E-state index in [1.54, 1.807) is 13.2 Å². The third-order valence-electron chi connectivity index (χ3n) is 3.98. The van der Waals surface area contributed by atoms with E-state index in [1.165, 1.54) is 0 Å². The Morgan fingerprint density at radius 2 is 1.93 bits per heavy atom. The lowest BCUT2D eigenvalue weighted by Crippen LogP contribution is -2.39. The summed E-state index contributed by atoms with van der Waals surface area (Å²) in [5.74, 6) is 1.76. The number of carbonyl (C=O) groups is 1. The van der Waals surface area contributed by atoms with Crippen molar-refractivity contribution < 1.29 is 14.3 Å². The van der Waals surface area contributed by atoms with Crippen LogP contribution in [0.3, 0.4) is 0 Å². The van der Waals surface area contributed by atoms with Gasteiger partial charge in [0.15, 0.2) is 16.6 Å². The maximum absolute atomic E-state index is 12.3. The Bertz CT molecular complexity index is 827. The highest BCUT2D eigenvalue weighted by atomic mass is 127. The van der Waals surface area contributed by atoms with Gasteiger partial charge in [-0.1, -0.05) is 32.0 Å². The molecule has 0 saturated heterocycles. The van der Waals surface area contributed by atoms with Crippen LogP contribution in [0, 0.1) is 9.49 Å². The summed E-state index contributed by atoms with van der Waals surface area (Å²) in [5.41, 5.74) is 1.57. The topological polar surface area (TPSA) is 59.6 Å². The number of benzene rings is 2. The molecule has 0 aliphatic heterocycles. The van der Waals surface area contributed by atoms with Crippen LogP contribution in [0.15, 0.2) is 42.5 Å². The van der Waals surface area contributed by atoms with Crippen LogP contribution in [0.2, 0.25) is 0 Å². The summed E-state index contributed by atoms with van der Waals surface area (Å²) < 4.78 is 12.1. The lowest BCUT2D eigenvalue weighted by Gasteiger charge is -2.14. The van der Waals surface area contributed by atoms with Gasteiger partial charge in [-0.05, 0) is 77.0 Å². The Hall–Kier alpha value is -1.87. The van der Waals surface area contributed by atoms with E-state index in [1.807, 2.05) is 36.4 Å². The number of methoxy groups -OCH3 is 1. The van der Waals surface area contributed by atoms with E-state index in [0.29, 0.717) is 30.4 Å². The lowest BCUT2D eigenvalue weighted by molar-refractivity contribution is 0.0975. The second-order valence-corrected chi connectivity index (χ2v) is 8.20. The lowest BCUT2D eigenvalue weighted by atomic mass is 10.1. The van der Waals surface area contributed by atoms with Crippen LogP contribution in [0.5, 0.6) is 11.5 Å². The highest BCUT2D eigenvalue weighted by Gasteiger charge is 2.11. The number of halogens is 1. The highest BCUT2D eigenvalue weighted by Crippen LogP contribution is 2.28. The molecule has 0 aliphatic carbocycles. The number of amides is 1. The molecule has 0 unspecified atom stereocenters. The molecule has 0 saturated carbocycles. The van der Waals surface area contributed by atoms with Crippen molar-refractivity contribution in [2.45, 2.75) is 26.8 Å². The zero-order valence-corrected chi connectivity index (χ0v) is 19.2. The third kappa shape index (κ3) is 6.94. The fourth-order valence-corrected chi connectivity index (χ4v) is 3.19. The molecule has 0 heterocycles. The molecule has 0 aliphatic rings. The summed E-state index contributed by atoms with van der Waals surface area (Å²) in [6.45, 7) is 5.44. The summed E-state index contributed by atoms with van der Waals surface area (Å²) in [7, 11) is 1.62. The molecule has 1 amide bonds. The number of hydrogen-bond donors (Lipinski definition) is 2. The van der Waals surface area contributed by atoms with E-state index >= 15 is 0 Å². The van der Waals surface area contributed by atoms with Gasteiger partial charge in [0.05, 0.1) is 19.3 Å². The van der Waals surface area contributed by atoms with Gasteiger partial charge in [0.1, 0.15) is 0 Å². The standard InChI is InChI=1S/C21H25IN2O3S/c1-14(2)10-11-27-18-9-8-15(12-19(18)26-3)13-23-21(28)24-20(25)16-6-4-5-7-17(16)22/h4-9,12,14H,10-11,13H2,1-3H3,(H2,23,24,25,28). The number of ether oxygens (including phenoxy) is 2. The minimum atomic E-state index is -0.228. The largest absolute Gasteiger partial charge is 0.493 e. The van der Waals surface area contributed by atoms with Gasteiger partial charge in [0, 0.05) is 10.1 Å². The number of thiocarbonyl (C=S) groups is 1. The van der Waals surface area contributed by atoms with Crippen molar-refractivity contribution in [2.24, 2.45) is 5.92 Å². The Balaban J connectivity index is 1.90. The van der Waals surface area contributed by atoms with Crippen molar-refractivity contribution >= 4 is 45.8 Å². The van der Waals surface area contributed by atoms with Crippen molar-refractivity contribution in [3.63, 3.8) is 0 Å². The first kappa shape index (κ1) is 22.4. The second-order valence-electron chi connectivity index (χ2n) is 6.63. The molecule has 28 heavy (non-hydrogen) atoms. The van der Waals surface area contributed by atoms with Gasteiger partial charge in [-0.3, -0.25) is 10.1 Å². The first-order valence-corrected chi connectivity index (χ1v) is 10.5. The minimum absolute atomic E-state index is 0.228. The van der Waals surface area contributed by atoms with Crippen molar-refractivity contribution in [3.8, 4) is 11.5 Å². The number of nitrogens with one attached hydrogen (secondary N) is 2.